The molecule has 0 radical (unpaired) electrons. The Bertz CT molecular complexity index is 153. The van der Waals surface area contributed by atoms with Crippen molar-refractivity contribution < 1.29 is 4.74 Å². The van der Waals surface area contributed by atoms with Gasteiger partial charge in [-0.15, -0.1) is 0 Å². The topological polar surface area (TPSA) is 34.0 Å². The lowest BCUT2D eigenvalue weighted by molar-refractivity contribution is 0.397. The number of aliphatic imine (C=N–C) groups is 2. The first-order valence-corrected chi connectivity index (χ1v) is 2.52. The normalized spacial score (nSPS) is 10.7. The Hall–Kier alpha value is -0.830. The minimum absolute atomic E-state index is 0.120. The van der Waals surface area contributed by atoms with E-state index in [9.17, 15) is 0 Å². The van der Waals surface area contributed by atoms with E-state index in [0.717, 1.165) is 0 Å². The molecule has 0 heterocycles. The van der Waals surface area contributed by atoms with Gasteiger partial charge in [-0.1, -0.05) is 18.2 Å². The molecule has 0 aromatic heterocycles. The highest BCUT2D eigenvalue weighted by Gasteiger charge is 1.89. The van der Waals surface area contributed by atoms with Crippen molar-refractivity contribution in [2.24, 2.45) is 9.98 Å². The number of nitrogens with zero attached hydrogens (tertiary/aromatic N) is 2. The highest BCUT2D eigenvalue weighted by atomic mass is 35.5. The molecule has 0 N–H and O–H groups in total. The van der Waals surface area contributed by atoms with E-state index in [1.165, 1.54) is 7.11 Å². The molecular formula is C5H7ClN2O. The van der Waals surface area contributed by atoms with Crippen molar-refractivity contribution in [2.45, 2.75) is 0 Å². The van der Waals surface area contributed by atoms with Crippen LogP contribution in [-0.2, 0) is 4.74 Å². The van der Waals surface area contributed by atoms with Gasteiger partial charge in [-0.05, 0) is 6.72 Å². The van der Waals surface area contributed by atoms with Crippen LogP contribution in [0, 0.1) is 0 Å². The molecule has 0 saturated heterocycles. The van der Waals surface area contributed by atoms with E-state index in [4.69, 9.17) is 11.6 Å². The van der Waals surface area contributed by atoms with Crippen molar-refractivity contribution in [3.8, 4) is 0 Å². The summed E-state index contributed by atoms with van der Waals surface area (Å²) in [5.74, 6) is 0. The number of hydrogen-bond donors (Lipinski definition) is 0. The maximum absolute atomic E-state index is 5.28. The van der Waals surface area contributed by atoms with Crippen LogP contribution in [0.1, 0.15) is 0 Å². The lowest BCUT2D eigenvalue weighted by Gasteiger charge is -1.93. The Balaban J connectivity index is 4.07. The third-order valence-corrected chi connectivity index (χ3v) is 0.619. The average molecular weight is 147 g/mol. The molecule has 0 spiro atoms. The van der Waals surface area contributed by atoms with Crippen LogP contribution in [0.2, 0.25) is 0 Å². The SMILES string of the molecule is C=N/C(=N\C(=C)Cl)OC. The van der Waals surface area contributed by atoms with Crippen LogP contribution < -0.4 is 0 Å². The minimum atomic E-state index is 0.120. The second kappa shape index (κ2) is 4.09. The van der Waals surface area contributed by atoms with Gasteiger partial charge in [-0.3, -0.25) is 0 Å². The standard InChI is InChI=1S/C5H7ClN2O/c1-4(6)8-5(7-2)9-3/h1-2H2,3H3/b8-5+. The Morgan fingerprint density at radius 1 is 1.67 bits per heavy atom. The summed E-state index contributed by atoms with van der Waals surface area (Å²) in [6.07, 6.45) is 0. The number of hydrogen-bond acceptors (Lipinski definition) is 2. The second-order valence-electron chi connectivity index (χ2n) is 1.13. The lowest BCUT2D eigenvalue weighted by Crippen LogP contribution is -1.94. The van der Waals surface area contributed by atoms with Gasteiger partial charge in [0, 0.05) is 0 Å². The van der Waals surface area contributed by atoms with E-state index in [1.807, 2.05) is 0 Å². The summed E-state index contributed by atoms with van der Waals surface area (Å²) >= 11 is 5.28. The first-order valence-electron chi connectivity index (χ1n) is 2.14. The minimum Gasteiger partial charge on any atom is -0.467 e. The predicted octanol–water partition coefficient (Wildman–Crippen LogP) is 1.40. The molecule has 0 aliphatic heterocycles. The highest BCUT2D eigenvalue weighted by molar-refractivity contribution is 6.29. The van der Waals surface area contributed by atoms with Crippen molar-refractivity contribution in [3.05, 3.63) is 11.7 Å². The fourth-order valence-electron chi connectivity index (χ4n) is 0.249. The maximum atomic E-state index is 5.28. The zero-order valence-electron chi connectivity index (χ0n) is 5.09. The zero-order chi connectivity index (χ0) is 7.28. The monoisotopic (exact) mass is 146 g/mol. The Labute approximate surface area is 58.7 Å². The van der Waals surface area contributed by atoms with Gasteiger partial charge in [0.25, 0.3) is 0 Å². The maximum Gasteiger partial charge on any atom is 0.316 e. The van der Waals surface area contributed by atoms with Crippen LogP contribution in [-0.4, -0.2) is 19.8 Å². The van der Waals surface area contributed by atoms with Gasteiger partial charge in [0.15, 0.2) is 0 Å². The van der Waals surface area contributed by atoms with Crippen LogP contribution in [0.4, 0.5) is 0 Å². The Kier molecular flexibility index (Phi) is 3.71. The van der Waals surface area contributed by atoms with E-state index in [1.54, 1.807) is 0 Å². The van der Waals surface area contributed by atoms with Crippen molar-refractivity contribution in [1.29, 1.82) is 0 Å². The van der Waals surface area contributed by atoms with E-state index in [0.29, 0.717) is 0 Å². The molecule has 9 heavy (non-hydrogen) atoms. The van der Waals surface area contributed by atoms with Crippen molar-refractivity contribution in [3.63, 3.8) is 0 Å². The summed E-state index contributed by atoms with van der Waals surface area (Å²) in [6, 6.07) is 0.120. The fourth-order valence-corrected chi connectivity index (χ4v) is 0.322. The fraction of sp³-hybridized carbons (Fsp3) is 0.200. The van der Waals surface area contributed by atoms with Gasteiger partial charge in [-0.2, -0.15) is 4.99 Å². The molecule has 4 heteroatoms. The molecule has 50 valence electrons. The predicted molar refractivity (Wildman–Crippen MR) is 39.0 cm³/mol. The molecule has 0 aromatic carbocycles. The molecule has 0 aliphatic rings. The third-order valence-electron chi connectivity index (χ3n) is 0.535. The summed E-state index contributed by atoms with van der Waals surface area (Å²) in [7, 11) is 1.42. The Morgan fingerprint density at radius 3 is 2.33 bits per heavy atom. The summed E-state index contributed by atoms with van der Waals surface area (Å²) in [6.45, 7) is 6.48. The molecule has 0 rings (SSSR count). The summed E-state index contributed by atoms with van der Waals surface area (Å²) in [5, 5.41) is 0.124. The molecule has 0 unspecified atom stereocenters. The quantitative estimate of drug-likeness (QED) is 0.313. The molecule has 0 atom stereocenters. The number of rotatable bonds is 1. The van der Waals surface area contributed by atoms with Crippen LogP contribution in [0.3, 0.4) is 0 Å². The van der Waals surface area contributed by atoms with E-state index in [2.05, 4.69) is 28.0 Å². The lowest BCUT2D eigenvalue weighted by atomic mass is 11.0. The number of methoxy groups -OCH3 is 1. The van der Waals surface area contributed by atoms with Gasteiger partial charge >= 0.3 is 6.02 Å². The van der Waals surface area contributed by atoms with Gasteiger partial charge in [0.2, 0.25) is 0 Å². The van der Waals surface area contributed by atoms with Gasteiger partial charge < -0.3 is 4.74 Å². The van der Waals surface area contributed by atoms with E-state index in [-0.39, 0.29) is 11.2 Å². The molecule has 0 aromatic rings. The number of amidine groups is 1. The van der Waals surface area contributed by atoms with Crippen molar-refractivity contribution >= 4 is 24.3 Å². The van der Waals surface area contributed by atoms with Crippen LogP contribution in [0.5, 0.6) is 0 Å². The Morgan fingerprint density at radius 2 is 2.22 bits per heavy atom. The van der Waals surface area contributed by atoms with Gasteiger partial charge in [-0.25, -0.2) is 4.99 Å². The number of halogens is 1. The summed E-state index contributed by atoms with van der Waals surface area (Å²) < 4.78 is 4.59. The molecule has 0 aliphatic carbocycles. The molecular weight excluding hydrogens is 140 g/mol. The molecule has 0 fully saturated rings. The summed E-state index contributed by atoms with van der Waals surface area (Å²) in [5.41, 5.74) is 0. The van der Waals surface area contributed by atoms with Crippen molar-refractivity contribution in [1.82, 2.24) is 0 Å². The highest BCUT2D eigenvalue weighted by Crippen LogP contribution is 1.98. The van der Waals surface area contributed by atoms with Crippen LogP contribution >= 0.6 is 11.6 Å². The molecule has 0 saturated carbocycles. The summed E-state index contributed by atoms with van der Waals surface area (Å²) in [4.78, 5) is 6.93. The smallest absolute Gasteiger partial charge is 0.316 e. The zero-order valence-corrected chi connectivity index (χ0v) is 5.85. The second-order valence-corrected chi connectivity index (χ2v) is 1.57. The van der Waals surface area contributed by atoms with E-state index >= 15 is 0 Å². The number of ether oxygens (including phenoxy) is 1. The van der Waals surface area contributed by atoms with Crippen LogP contribution in [0.15, 0.2) is 21.7 Å². The average Bonchev–Trinajstić information content (AvgIpc) is 1.82. The molecule has 3 nitrogen and oxygen atoms in total. The van der Waals surface area contributed by atoms with Crippen LogP contribution in [0.25, 0.3) is 0 Å². The first-order chi connectivity index (χ1) is 4.20. The first kappa shape index (κ1) is 8.17. The largest absolute Gasteiger partial charge is 0.467 e. The van der Waals surface area contributed by atoms with Crippen molar-refractivity contribution in [2.75, 3.05) is 7.11 Å². The van der Waals surface area contributed by atoms with Gasteiger partial charge in [0.1, 0.15) is 5.16 Å². The van der Waals surface area contributed by atoms with E-state index < -0.39 is 0 Å². The van der Waals surface area contributed by atoms with Gasteiger partial charge in [0.05, 0.1) is 7.11 Å². The molecule has 0 amide bonds. The third kappa shape index (κ3) is 3.73. The molecule has 0 bridgehead atoms.